The molecule has 0 unspecified atom stereocenters. The fourth-order valence-corrected chi connectivity index (χ4v) is 4.23. The summed E-state index contributed by atoms with van der Waals surface area (Å²) < 4.78 is 35.6. The van der Waals surface area contributed by atoms with Gasteiger partial charge in [0.25, 0.3) is 5.92 Å². The van der Waals surface area contributed by atoms with Crippen LogP contribution in [0.3, 0.4) is 0 Å². The van der Waals surface area contributed by atoms with E-state index in [-0.39, 0.29) is 11.7 Å². The number of pyridine rings is 1. The summed E-state index contributed by atoms with van der Waals surface area (Å²) in [4.78, 5) is 9.37. The van der Waals surface area contributed by atoms with Crippen molar-refractivity contribution in [3.63, 3.8) is 0 Å². The first-order valence-corrected chi connectivity index (χ1v) is 9.70. The van der Waals surface area contributed by atoms with Gasteiger partial charge >= 0.3 is 0 Å². The van der Waals surface area contributed by atoms with Gasteiger partial charge in [-0.3, -0.25) is 9.98 Å². The van der Waals surface area contributed by atoms with Crippen molar-refractivity contribution < 1.29 is 13.5 Å². The zero-order valence-corrected chi connectivity index (χ0v) is 16.4. The first-order valence-electron chi connectivity index (χ1n) is 8.82. The number of hydrogen-bond donors (Lipinski definition) is 0. The topological polar surface area (TPSA) is 34.5 Å². The molecular formula is C21H20F2N2OS. The molecule has 1 aliphatic heterocycles. The predicted octanol–water partition coefficient (Wildman–Crippen LogP) is 5.80. The third-order valence-corrected chi connectivity index (χ3v) is 5.64. The molecule has 0 saturated carbocycles. The Balaban J connectivity index is 1.91. The summed E-state index contributed by atoms with van der Waals surface area (Å²) in [5.41, 5.74) is 0.711. The van der Waals surface area contributed by atoms with E-state index in [0.29, 0.717) is 10.6 Å². The van der Waals surface area contributed by atoms with Gasteiger partial charge in [-0.1, -0.05) is 6.07 Å². The second-order valence-corrected chi connectivity index (χ2v) is 8.38. The minimum Gasteiger partial charge on any atom is -0.490 e. The van der Waals surface area contributed by atoms with E-state index in [2.05, 4.69) is 9.98 Å². The highest BCUT2D eigenvalue weighted by Crippen LogP contribution is 2.48. The van der Waals surface area contributed by atoms with Crippen LogP contribution in [0.5, 0.6) is 5.75 Å². The van der Waals surface area contributed by atoms with Crippen molar-refractivity contribution in [1.29, 1.82) is 0 Å². The minimum atomic E-state index is -3.00. The number of alkyl halides is 2. The fraction of sp³-hybridized carbons (Fsp3) is 0.333. The maximum atomic E-state index is 14.8. The maximum absolute atomic E-state index is 14.8. The van der Waals surface area contributed by atoms with Gasteiger partial charge in [-0.05, 0) is 57.3 Å². The molecule has 0 bridgehead atoms. The molecule has 1 aliphatic rings. The van der Waals surface area contributed by atoms with Crippen molar-refractivity contribution >= 4 is 28.0 Å². The lowest BCUT2D eigenvalue weighted by Gasteiger charge is -2.35. The highest BCUT2D eigenvalue weighted by Gasteiger charge is 2.53. The molecule has 1 aromatic carbocycles. The molecular weight excluding hydrogens is 366 g/mol. The van der Waals surface area contributed by atoms with Crippen LogP contribution in [0.1, 0.15) is 43.7 Å². The predicted molar refractivity (Wildman–Crippen MR) is 105 cm³/mol. The van der Waals surface area contributed by atoms with Crippen LogP contribution in [0, 0.1) is 0 Å². The van der Waals surface area contributed by atoms with Crippen molar-refractivity contribution in [1.82, 2.24) is 4.98 Å². The van der Waals surface area contributed by atoms with Crippen LogP contribution in [0.4, 0.5) is 8.78 Å². The Hall–Kier alpha value is -2.34. The van der Waals surface area contributed by atoms with Crippen LogP contribution >= 0.6 is 11.3 Å². The number of aromatic nitrogens is 1. The third kappa shape index (κ3) is 2.83. The summed E-state index contributed by atoms with van der Waals surface area (Å²) in [6, 6.07) is 9.03. The molecule has 3 aromatic rings. The smallest absolute Gasteiger partial charge is 0.298 e. The largest absolute Gasteiger partial charge is 0.490 e. The number of hydrogen-bond acceptors (Lipinski definition) is 4. The second-order valence-electron chi connectivity index (χ2n) is 7.46. The highest BCUT2D eigenvalue weighted by atomic mass is 32.1. The molecule has 140 valence electrons. The molecule has 3 nitrogen and oxygen atoms in total. The monoisotopic (exact) mass is 386 g/mol. The Labute approximate surface area is 160 Å². The van der Waals surface area contributed by atoms with Crippen molar-refractivity contribution in [3.8, 4) is 5.75 Å². The van der Waals surface area contributed by atoms with E-state index >= 15 is 0 Å². The molecule has 2 aromatic heterocycles. The third-order valence-electron chi connectivity index (χ3n) is 4.72. The van der Waals surface area contributed by atoms with Crippen LogP contribution in [-0.4, -0.2) is 22.3 Å². The van der Waals surface area contributed by atoms with Crippen molar-refractivity contribution in [3.05, 3.63) is 57.9 Å². The van der Waals surface area contributed by atoms with Crippen LogP contribution in [0.15, 0.2) is 46.9 Å². The summed E-state index contributed by atoms with van der Waals surface area (Å²) in [5, 5.41) is 2.55. The fourth-order valence-electron chi connectivity index (χ4n) is 3.29. The normalized spacial score (nSPS) is 17.7. The van der Waals surface area contributed by atoms with E-state index in [1.165, 1.54) is 31.3 Å². The van der Waals surface area contributed by atoms with E-state index in [0.717, 1.165) is 22.2 Å². The maximum Gasteiger partial charge on any atom is 0.298 e. The molecule has 0 radical (unpaired) electrons. The number of halogens is 2. The molecule has 27 heavy (non-hydrogen) atoms. The average Bonchev–Trinajstić information content (AvgIpc) is 3.09. The Morgan fingerprint density at radius 1 is 1.11 bits per heavy atom. The summed E-state index contributed by atoms with van der Waals surface area (Å²) in [5.74, 6) is -2.28. The van der Waals surface area contributed by atoms with Gasteiger partial charge in [-0.25, -0.2) is 0 Å². The standard InChI is InChI=1S/C21H20F2N2OS/c1-12(2)26-17-7-9-24-16-6-5-13(11-14(16)17)18-19-15(8-10-27-19)21(22,23)20(3,4)25-18/h5-12H,1-4H3. The molecule has 6 heteroatoms. The molecule has 0 amide bonds. The summed E-state index contributed by atoms with van der Waals surface area (Å²) >= 11 is 1.29. The van der Waals surface area contributed by atoms with Gasteiger partial charge in [0.1, 0.15) is 11.3 Å². The lowest BCUT2D eigenvalue weighted by molar-refractivity contribution is -0.0677. The Kier molecular flexibility index (Phi) is 4.07. The van der Waals surface area contributed by atoms with Gasteiger partial charge < -0.3 is 4.74 Å². The quantitative estimate of drug-likeness (QED) is 0.570. The molecule has 0 saturated heterocycles. The Morgan fingerprint density at radius 3 is 2.63 bits per heavy atom. The minimum absolute atomic E-state index is 0.0211. The number of rotatable bonds is 3. The highest BCUT2D eigenvalue weighted by molar-refractivity contribution is 7.12. The van der Waals surface area contributed by atoms with Gasteiger partial charge in [0.15, 0.2) is 0 Å². The van der Waals surface area contributed by atoms with Crippen molar-refractivity contribution in [2.45, 2.75) is 45.3 Å². The molecule has 0 atom stereocenters. The molecule has 0 spiro atoms. The van der Waals surface area contributed by atoms with Gasteiger partial charge in [-0.15, -0.1) is 11.3 Å². The van der Waals surface area contributed by atoms with E-state index in [1.54, 1.807) is 11.6 Å². The van der Waals surface area contributed by atoms with Crippen molar-refractivity contribution in [2.75, 3.05) is 0 Å². The van der Waals surface area contributed by atoms with Crippen molar-refractivity contribution in [2.24, 2.45) is 4.99 Å². The van der Waals surface area contributed by atoms with E-state index in [1.807, 2.05) is 38.1 Å². The van der Waals surface area contributed by atoms with Gasteiger partial charge in [0, 0.05) is 22.7 Å². The number of fused-ring (bicyclic) bond motifs is 2. The molecule has 3 heterocycles. The second kappa shape index (κ2) is 6.09. The Morgan fingerprint density at radius 2 is 1.89 bits per heavy atom. The summed E-state index contributed by atoms with van der Waals surface area (Å²) in [6.45, 7) is 6.88. The lowest BCUT2D eigenvalue weighted by Crippen LogP contribution is -2.43. The lowest BCUT2D eigenvalue weighted by atomic mass is 9.85. The Bertz CT molecular complexity index is 1050. The van der Waals surface area contributed by atoms with Crippen LogP contribution < -0.4 is 4.74 Å². The van der Waals surface area contributed by atoms with Crippen LogP contribution in [0.25, 0.3) is 10.9 Å². The SMILES string of the molecule is CC(C)Oc1ccnc2ccc(C3=NC(C)(C)C(F)(F)c4ccsc43)cc12. The van der Waals surface area contributed by atoms with Gasteiger partial charge in [0.2, 0.25) is 0 Å². The van der Waals surface area contributed by atoms with Crippen LogP contribution in [0.2, 0.25) is 0 Å². The first-order chi connectivity index (χ1) is 12.7. The van der Waals surface area contributed by atoms with Crippen LogP contribution in [-0.2, 0) is 5.92 Å². The molecule has 0 fully saturated rings. The van der Waals surface area contributed by atoms with Gasteiger partial charge in [-0.2, -0.15) is 8.78 Å². The molecule has 4 rings (SSSR count). The number of benzene rings is 1. The first kappa shape index (κ1) is 18.0. The zero-order valence-electron chi connectivity index (χ0n) is 15.6. The number of aliphatic imine (C=N–C) groups is 1. The number of ether oxygens (including phenoxy) is 1. The van der Waals surface area contributed by atoms with Gasteiger partial charge in [0.05, 0.1) is 22.2 Å². The summed E-state index contributed by atoms with van der Waals surface area (Å²) in [6.07, 6.45) is 1.73. The van der Waals surface area contributed by atoms with E-state index in [4.69, 9.17) is 4.74 Å². The molecule has 0 aliphatic carbocycles. The van der Waals surface area contributed by atoms with E-state index < -0.39 is 11.5 Å². The summed E-state index contributed by atoms with van der Waals surface area (Å²) in [7, 11) is 0. The number of thiophene rings is 1. The zero-order chi connectivity index (χ0) is 19.4. The molecule has 0 N–H and O–H groups in total. The van der Waals surface area contributed by atoms with E-state index in [9.17, 15) is 8.78 Å². The average molecular weight is 386 g/mol. The number of nitrogens with zero attached hydrogens (tertiary/aromatic N) is 2.